The Labute approximate surface area is 179 Å². The van der Waals surface area contributed by atoms with Crippen LogP contribution in [0.2, 0.25) is 0 Å². The van der Waals surface area contributed by atoms with Gasteiger partial charge in [0.1, 0.15) is 5.82 Å². The van der Waals surface area contributed by atoms with Gasteiger partial charge in [0.25, 0.3) is 5.91 Å². The molecule has 2 aliphatic heterocycles. The Balaban J connectivity index is 0.00000140. The highest BCUT2D eigenvalue weighted by molar-refractivity contribution is 5.96. The minimum Gasteiger partial charge on any atom is -0.353 e. The molecule has 1 unspecified atom stereocenters. The van der Waals surface area contributed by atoms with Crippen LogP contribution in [-0.4, -0.2) is 55.1 Å². The number of hydrogen-bond donors (Lipinski definition) is 1. The van der Waals surface area contributed by atoms with Gasteiger partial charge in [-0.2, -0.15) is 0 Å². The van der Waals surface area contributed by atoms with Gasteiger partial charge in [-0.25, -0.2) is 4.98 Å². The van der Waals surface area contributed by atoms with Crippen LogP contribution >= 0.6 is 24.8 Å². The minimum atomic E-state index is 0. The van der Waals surface area contributed by atoms with E-state index in [0.717, 1.165) is 57.1 Å². The summed E-state index contributed by atoms with van der Waals surface area (Å²) in [5.74, 6) is 1.63. The number of rotatable bonds is 3. The Morgan fingerprint density at radius 3 is 2.54 bits per heavy atom. The Morgan fingerprint density at radius 2 is 1.86 bits per heavy atom. The van der Waals surface area contributed by atoms with Gasteiger partial charge >= 0.3 is 0 Å². The van der Waals surface area contributed by atoms with Crippen LogP contribution in [0.4, 0.5) is 5.82 Å². The van der Waals surface area contributed by atoms with Crippen molar-refractivity contribution in [1.82, 2.24) is 15.2 Å². The number of nitrogens with one attached hydrogen (secondary N) is 1. The number of aryl methyl sites for hydroxylation is 1. The molecule has 0 spiro atoms. The summed E-state index contributed by atoms with van der Waals surface area (Å²) in [4.78, 5) is 21.9. The molecule has 0 radical (unpaired) electrons. The second-order valence-corrected chi connectivity index (χ2v) is 7.25. The lowest BCUT2D eigenvalue weighted by molar-refractivity contribution is 0.0745. The van der Waals surface area contributed by atoms with E-state index in [1.54, 1.807) is 0 Å². The van der Waals surface area contributed by atoms with Crippen LogP contribution in [0.1, 0.15) is 33.8 Å². The molecule has 152 valence electrons. The normalized spacial score (nSPS) is 19.0. The molecule has 1 amide bonds. The van der Waals surface area contributed by atoms with Crippen molar-refractivity contribution in [2.24, 2.45) is 0 Å². The largest absolute Gasteiger partial charge is 0.353 e. The Kier molecular flexibility index (Phi) is 8.10. The number of pyridine rings is 1. The first-order valence-electron chi connectivity index (χ1n) is 9.49. The van der Waals surface area contributed by atoms with Crippen LogP contribution in [0.5, 0.6) is 0 Å². The highest BCUT2D eigenvalue weighted by Crippen LogP contribution is 2.27. The average Bonchev–Trinajstić information content (AvgIpc) is 3.22. The molecule has 4 rings (SSSR count). The van der Waals surface area contributed by atoms with E-state index in [0.29, 0.717) is 5.92 Å². The van der Waals surface area contributed by atoms with E-state index >= 15 is 0 Å². The Morgan fingerprint density at radius 1 is 1.11 bits per heavy atom. The number of nitrogens with zero attached hydrogens (tertiary/aromatic N) is 3. The lowest BCUT2D eigenvalue weighted by Gasteiger charge is -2.36. The topological polar surface area (TPSA) is 48.5 Å². The van der Waals surface area contributed by atoms with Crippen molar-refractivity contribution < 1.29 is 4.79 Å². The molecule has 0 bridgehead atoms. The van der Waals surface area contributed by atoms with E-state index in [1.807, 2.05) is 35.4 Å². The van der Waals surface area contributed by atoms with Crippen molar-refractivity contribution in [3.63, 3.8) is 0 Å². The molecular formula is C21H28Cl2N4O. The third kappa shape index (κ3) is 4.77. The van der Waals surface area contributed by atoms with Crippen molar-refractivity contribution in [3.05, 3.63) is 59.3 Å². The fourth-order valence-corrected chi connectivity index (χ4v) is 3.97. The standard InChI is InChI=1S/C21H26N4O.2ClH/c1-16-6-9-23-20(14-16)24-10-12-25(13-11-24)21(26)19-5-3-2-4-18(19)17-7-8-22-15-17;;/h2-6,9,14,17,22H,7-8,10-13,15H2,1H3;2*1H. The summed E-state index contributed by atoms with van der Waals surface area (Å²) in [7, 11) is 0. The molecule has 3 heterocycles. The first kappa shape index (κ1) is 22.5. The highest BCUT2D eigenvalue weighted by Gasteiger charge is 2.27. The number of halogens is 2. The molecule has 2 fully saturated rings. The van der Waals surface area contributed by atoms with Crippen LogP contribution in [0.3, 0.4) is 0 Å². The van der Waals surface area contributed by atoms with Gasteiger partial charge in [-0.1, -0.05) is 18.2 Å². The van der Waals surface area contributed by atoms with Gasteiger partial charge in [-0.15, -0.1) is 24.8 Å². The summed E-state index contributed by atoms with van der Waals surface area (Å²) in [6.07, 6.45) is 2.96. The van der Waals surface area contributed by atoms with Gasteiger partial charge in [0.05, 0.1) is 0 Å². The maximum Gasteiger partial charge on any atom is 0.254 e. The monoisotopic (exact) mass is 422 g/mol. The number of carbonyl (C=O) groups excluding carboxylic acids is 1. The quantitative estimate of drug-likeness (QED) is 0.824. The van der Waals surface area contributed by atoms with E-state index < -0.39 is 0 Å². The summed E-state index contributed by atoms with van der Waals surface area (Å²) in [6, 6.07) is 12.3. The molecule has 5 nitrogen and oxygen atoms in total. The maximum atomic E-state index is 13.1. The highest BCUT2D eigenvalue weighted by atomic mass is 35.5. The summed E-state index contributed by atoms with van der Waals surface area (Å²) >= 11 is 0. The SMILES string of the molecule is Cc1ccnc(N2CCN(C(=O)c3ccccc3C3CCNC3)CC2)c1.Cl.Cl. The number of anilines is 1. The summed E-state index contributed by atoms with van der Waals surface area (Å²) in [5, 5.41) is 3.41. The smallest absolute Gasteiger partial charge is 0.254 e. The fourth-order valence-electron chi connectivity index (χ4n) is 3.97. The number of aromatic nitrogens is 1. The second kappa shape index (κ2) is 10.1. The molecule has 0 saturated carbocycles. The van der Waals surface area contributed by atoms with Gasteiger partial charge in [0, 0.05) is 44.5 Å². The zero-order valence-corrected chi connectivity index (χ0v) is 17.8. The fraction of sp³-hybridized carbons (Fsp3) is 0.429. The van der Waals surface area contributed by atoms with Crippen LogP contribution in [0.15, 0.2) is 42.6 Å². The maximum absolute atomic E-state index is 13.1. The Bertz CT molecular complexity index is 787. The van der Waals surface area contributed by atoms with Crippen molar-refractivity contribution in [2.45, 2.75) is 19.3 Å². The first-order chi connectivity index (χ1) is 12.7. The van der Waals surface area contributed by atoms with Crippen molar-refractivity contribution in [2.75, 3.05) is 44.2 Å². The zero-order chi connectivity index (χ0) is 17.9. The second-order valence-electron chi connectivity index (χ2n) is 7.25. The summed E-state index contributed by atoms with van der Waals surface area (Å²) in [6.45, 7) is 7.23. The first-order valence-corrected chi connectivity index (χ1v) is 9.49. The van der Waals surface area contributed by atoms with Crippen molar-refractivity contribution in [3.8, 4) is 0 Å². The van der Waals surface area contributed by atoms with Crippen LogP contribution < -0.4 is 10.2 Å². The average molecular weight is 423 g/mol. The minimum absolute atomic E-state index is 0. The molecule has 2 aliphatic rings. The van der Waals surface area contributed by atoms with Gasteiger partial charge in [-0.3, -0.25) is 4.79 Å². The summed E-state index contributed by atoms with van der Waals surface area (Å²) in [5.41, 5.74) is 3.29. The molecule has 7 heteroatoms. The molecule has 2 saturated heterocycles. The predicted molar refractivity (Wildman–Crippen MR) is 118 cm³/mol. The van der Waals surface area contributed by atoms with Crippen LogP contribution in [-0.2, 0) is 0 Å². The third-order valence-electron chi connectivity index (χ3n) is 5.48. The van der Waals surface area contributed by atoms with Gasteiger partial charge in [0.2, 0.25) is 0 Å². The van der Waals surface area contributed by atoms with Crippen LogP contribution in [0, 0.1) is 6.92 Å². The zero-order valence-electron chi connectivity index (χ0n) is 16.1. The molecule has 1 N–H and O–H groups in total. The summed E-state index contributed by atoms with van der Waals surface area (Å²) < 4.78 is 0. The third-order valence-corrected chi connectivity index (χ3v) is 5.48. The predicted octanol–water partition coefficient (Wildman–Crippen LogP) is 3.27. The molecule has 1 aromatic carbocycles. The molecule has 0 aliphatic carbocycles. The number of piperazine rings is 1. The van der Waals surface area contributed by atoms with E-state index in [9.17, 15) is 4.79 Å². The van der Waals surface area contributed by atoms with Gasteiger partial charge in [-0.05, 0) is 55.1 Å². The number of amides is 1. The van der Waals surface area contributed by atoms with Gasteiger partial charge < -0.3 is 15.1 Å². The van der Waals surface area contributed by atoms with E-state index in [4.69, 9.17) is 0 Å². The molecule has 28 heavy (non-hydrogen) atoms. The molecule has 1 aromatic heterocycles. The van der Waals surface area contributed by atoms with Gasteiger partial charge in [0.15, 0.2) is 0 Å². The molecule has 1 atom stereocenters. The Hall–Kier alpha value is -1.82. The van der Waals surface area contributed by atoms with Crippen LogP contribution in [0.25, 0.3) is 0 Å². The van der Waals surface area contributed by atoms with Crippen molar-refractivity contribution in [1.29, 1.82) is 0 Å². The number of carbonyl (C=O) groups is 1. The lowest BCUT2D eigenvalue weighted by Crippen LogP contribution is -2.49. The molecule has 2 aromatic rings. The molecular weight excluding hydrogens is 395 g/mol. The van der Waals surface area contributed by atoms with E-state index in [2.05, 4.69) is 34.3 Å². The van der Waals surface area contributed by atoms with E-state index in [1.165, 1.54) is 11.1 Å². The van der Waals surface area contributed by atoms with E-state index in [-0.39, 0.29) is 30.7 Å². The lowest BCUT2D eigenvalue weighted by atomic mass is 9.93. The van der Waals surface area contributed by atoms with Crippen molar-refractivity contribution >= 4 is 36.5 Å². The number of benzene rings is 1. The number of hydrogen-bond acceptors (Lipinski definition) is 4.